The minimum absolute atomic E-state index is 0.186. The third kappa shape index (κ3) is 5.78. The smallest absolute Gasteiger partial charge is 0.255 e. The highest BCUT2D eigenvalue weighted by Gasteiger charge is 2.17. The molecule has 2 amide bonds. The number of nitrogens with zero attached hydrogens (tertiary/aromatic N) is 1. The Labute approximate surface area is 197 Å². The van der Waals surface area contributed by atoms with Gasteiger partial charge in [-0.3, -0.25) is 14.5 Å². The maximum Gasteiger partial charge on any atom is 0.255 e. The molecule has 4 rings (SSSR count). The highest BCUT2D eigenvalue weighted by Crippen LogP contribution is 2.29. The first-order valence-corrected chi connectivity index (χ1v) is 11.0. The van der Waals surface area contributed by atoms with Crippen LogP contribution in [0.3, 0.4) is 0 Å². The van der Waals surface area contributed by atoms with Gasteiger partial charge in [0.25, 0.3) is 5.91 Å². The molecule has 176 valence electrons. The van der Waals surface area contributed by atoms with Gasteiger partial charge in [-0.2, -0.15) is 0 Å². The number of methoxy groups -OCH3 is 1. The molecular formula is C26H26FN3O4. The summed E-state index contributed by atoms with van der Waals surface area (Å²) < 4.78 is 25.3. The van der Waals surface area contributed by atoms with Crippen LogP contribution in [0.25, 0.3) is 11.1 Å². The fraction of sp³-hybridized carbons (Fsp3) is 0.231. The van der Waals surface area contributed by atoms with E-state index in [0.717, 1.165) is 5.56 Å². The van der Waals surface area contributed by atoms with Crippen LogP contribution in [-0.2, 0) is 9.53 Å². The largest absolute Gasteiger partial charge is 0.495 e. The van der Waals surface area contributed by atoms with E-state index in [1.807, 2.05) is 35.2 Å². The molecule has 1 aliphatic rings. The van der Waals surface area contributed by atoms with Gasteiger partial charge in [0.1, 0.15) is 11.6 Å². The van der Waals surface area contributed by atoms with Crippen LogP contribution in [0.5, 0.6) is 5.75 Å². The number of nitrogens with one attached hydrogen (secondary N) is 2. The maximum absolute atomic E-state index is 14.7. The lowest BCUT2D eigenvalue weighted by Gasteiger charge is -2.26. The summed E-state index contributed by atoms with van der Waals surface area (Å²) in [4.78, 5) is 27.3. The SMILES string of the molecule is COc1ccc(NC(=O)c2ccc(-c3ccccc3)c(F)c2)cc1NC(=O)CN1CCOCC1. The fourth-order valence-electron chi connectivity index (χ4n) is 3.75. The van der Waals surface area contributed by atoms with E-state index in [1.54, 1.807) is 30.3 Å². The minimum atomic E-state index is -0.482. The molecule has 0 aliphatic carbocycles. The first-order chi connectivity index (χ1) is 16.5. The number of amides is 2. The van der Waals surface area contributed by atoms with Crippen LogP contribution in [0, 0.1) is 5.82 Å². The Balaban J connectivity index is 1.45. The summed E-state index contributed by atoms with van der Waals surface area (Å²) in [7, 11) is 1.50. The number of anilines is 2. The van der Waals surface area contributed by atoms with Crippen LogP contribution in [0.4, 0.5) is 15.8 Å². The van der Waals surface area contributed by atoms with Crippen LogP contribution in [-0.4, -0.2) is 56.7 Å². The van der Waals surface area contributed by atoms with Crippen LogP contribution in [0.15, 0.2) is 66.7 Å². The Morgan fingerprint density at radius 3 is 2.47 bits per heavy atom. The lowest BCUT2D eigenvalue weighted by atomic mass is 10.0. The van der Waals surface area contributed by atoms with Gasteiger partial charge >= 0.3 is 0 Å². The standard InChI is InChI=1S/C26H26FN3O4/c1-33-24-10-8-20(16-23(24)29-25(31)17-30-11-13-34-14-12-30)28-26(32)19-7-9-21(22(27)15-19)18-5-3-2-4-6-18/h2-10,15-16H,11-14,17H2,1H3,(H,28,32)(H,29,31). The molecule has 1 saturated heterocycles. The van der Waals surface area contributed by atoms with E-state index >= 15 is 0 Å². The van der Waals surface area contributed by atoms with Gasteiger partial charge in [0.15, 0.2) is 0 Å². The van der Waals surface area contributed by atoms with E-state index in [-0.39, 0.29) is 18.0 Å². The Bertz CT molecular complexity index is 1160. The second-order valence-electron chi connectivity index (χ2n) is 7.87. The number of carbonyl (C=O) groups excluding carboxylic acids is 2. The van der Waals surface area contributed by atoms with Crippen molar-refractivity contribution in [2.24, 2.45) is 0 Å². The van der Waals surface area contributed by atoms with E-state index in [1.165, 1.54) is 13.2 Å². The molecule has 0 atom stereocenters. The van der Waals surface area contributed by atoms with Gasteiger partial charge in [-0.25, -0.2) is 4.39 Å². The summed E-state index contributed by atoms with van der Waals surface area (Å²) >= 11 is 0. The fourth-order valence-corrected chi connectivity index (χ4v) is 3.75. The van der Waals surface area contributed by atoms with Crippen molar-refractivity contribution in [1.29, 1.82) is 0 Å². The molecular weight excluding hydrogens is 437 g/mol. The molecule has 7 nitrogen and oxygen atoms in total. The number of carbonyl (C=O) groups is 2. The number of morpholine rings is 1. The van der Waals surface area contributed by atoms with Gasteiger partial charge in [0, 0.05) is 29.9 Å². The number of benzene rings is 3. The van der Waals surface area contributed by atoms with Gasteiger partial charge in [-0.15, -0.1) is 0 Å². The lowest BCUT2D eigenvalue weighted by Crippen LogP contribution is -2.41. The van der Waals surface area contributed by atoms with Crippen LogP contribution in [0.1, 0.15) is 10.4 Å². The summed E-state index contributed by atoms with van der Waals surface area (Å²) in [5, 5.41) is 5.59. The molecule has 1 heterocycles. The van der Waals surface area contributed by atoms with Gasteiger partial charge < -0.3 is 20.1 Å². The lowest BCUT2D eigenvalue weighted by molar-refractivity contribution is -0.118. The normalized spacial score (nSPS) is 13.8. The zero-order chi connectivity index (χ0) is 23.9. The molecule has 1 aliphatic heterocycles. The third-order valence-electron chi connectivity index (χ3n) is 5.52. The third-order valence-corrected chi connectivity index (χ3v) is 5.52. The second kappa shape index (κ2) is 10.9. The highest BCUT2D eigenvalue weighted by atomic mass is 19.1. The molecule has 3 aromatic carbocycles. The van der Waals surface area contributed by atoms with Crippen LogP contribution >= 0.6 is 0 Å². The van der Waals surface area contributed by atoms with Crippen molar-refractivity contribution in [3.05, 3.63) is 78.1 Å². The number of hydrogen-bond donors (Lipinski definition) is 2. The molecule has 1 fully saturated rings. The van der Waals surface area contributed by atoms with E-state index in [4.69, 9.17) is 9.47 Å². The Morgan fingerprint density at radius 2 is 1.76 bits per heavy atom. The number of rotatable bonds is 7. The van der Waals surface area contributed by atoms with E-state index in [0.29, 0.717) is 49.0 Å². The van der Waals surface area contributed by atoms with Crippen molar-refractivity contribution in [2.45, 2.75) is 0 Å². The zero-order valence-electron chi connectivity index (χ0n) is 18.8. The maximum atomic E-state index is 14.7. The predicted molar refractivity (Wildman–Crippen MR) is 129 cm³/mol. The monoisotopic (exact) mass is 463 g/mol. The molecule has 3 aromatic rings. The van der Waals surface area contributed by atoms with Crippen LogP contribution < -0.4 is 15.4 Å². The average molecular weight is 464 g/mol. The first-order valence-electron chi connectivity index (χ1n) is 11.0. The van der Waals surface area contributed by atoms with Crippen LogP contribution in [0.2, 0.25) is 0 Å². The Hall–Kier alpha value is -3.75. The number of hydrogen-bond acceptors (Lipinski definition) is 5. The summed E-state index contributed by atoms with van der Waals surface area (Å²) in [6.07, 6.45) is 0. The zero-order valence-corrected chi connectivity index (χ0v) is 18.8. The van der Waals surface area contributed by atoms with Crippen molar-refractivity contribution in [3.63, 3.8) is 0 Å². The predicted octanol–water partition coefficient (Wildman–Crippen LogP) is 4.02. The summed E-state index contributed by atoms with van der Waals surface area (Å²) in [6, 6.07) is 18.4. The minimum Gasteiger partial charge on any atom is -0.495 e. The molecule has 0 aromatic heterocycles. The quantitative estimate of drug-likeness (QED) is 0.553. The summed E-state index contributed by atoms with van der Waals surface area (Å²) in [6.45, 7) is 2.83. The van der Waals surface area contributed by atoms with Crippen molar-refractivity contribution in [1.82, 2.24) is 4.90 Å². The molecule has 2 N–H and O–H groups in total. The number of ether oxygens (including phenoxy) is 2. The molecule has 0 bridgehead atoms. The van der Waals surface area contributed by atoms with E-state index in [9.17, 15) is 14.0 Å². The van der Waals surface area contributed by atoms with Crippen molar-refractivity contribution >= 4 is 23.2 Å². The molecule has 0 spiro atoms. The topological polar surface area (TPSA) is 79.9 Å². The van der Waals surface area contributed by atoms with Gasteiger partial charge in [0.2, 0.25) is 5.91 Å². The first kappa shape index (κ1) is 23.4. The molecule has 0 radical (unpaired) electrons. The molecule has 8 heteroatoms. The van der Waals surface area contributed by atoms with Crippen molar-refractivity contribution in [3.8, 4) is 16.9 Å². The van der Waals surface area contributed by atoms with Crippen molar-refractivity contribution < 1.29 is 23.5 Å². The van der Waals surface area contributed by atoms with E-state index < -0.39 is 11.7 Å². The Kier molecular flexibility index (Phi) is 7.51. The summed E-state index contributed by atoms with van der Waals surface area (Å²) in [5.74, 6) is -0.673. The summed E-state index contributed by atoms with van der Waals surface area (Å²) in [5.41, 5.74) is 2.22. The van der Waals surface area contributed by atoms with Gasteiger partial charge in [0.05, 0.1) is 32.6 Å². The average Bonchev–Trinajstić information content (AvgIpc) is 2.85. The number of halogens is 1. The van der Waals surface area contributed by atoms with E-state index in [2.05, 4.69) is 10.6 Å². The van der Waals surface area contributed by atoms with Gasteiger partial charge in [-0.05, 0) is 35.9 Å². The molecule has 34 heavy (non-hydrogen) atoms. The highest BCUT2D eigenvalue weighted by molar-refractivity contribution is 6.05. The van der Waals surface area contributed by atoms with Crippen molar-refractivity contribution in [2.75, 3.05) is 50.6 Å². The molecule has 0 saturated carbocycles. The molecule has 0 unspecified atom stereocenters. The Morgan fingerprint density at radius 1 is 1.00 bits per heavy atom. The second-order valence-corrected chi connectivity index (χ2v) is 7.87. The van der Waals surface area contributed by atoms with Gasteiger partial charge in [-0.1, -0.05) is 36.4 Å².